The maximum Gasteiger partial charge on any atom is 0.190 e. The minimum absolute atomic E-state index is 0. The number of hydrogen-bond acceptors (Lipinski definition) is 3. The Morgan fingerprint density at radius 2 is 1.80 bits per heavy atom. The number of hydrogen-bond donors (Lipinski definition) is 2. The molecule has 2 unspecified atom stereocenters. The highest BCUT2D eigenvalue weighted by Crippen LogP contribution is 2.22. The lowest BCUT2D eigenvalue weighted by molar-refractivity contribution is 0.0931. The summed E-state index contributed by atoms with van der Waals surface area (Å²) in [5.74, 6) is 1.93. The van der Waals surface area contributed by atoms with Gasteiger partial charge < -0.3 is 20.3 Å². The minimum atomic E-state index is 0. The summed E-state index contributed by atoms with van der Waals surface area (Å²) in [4.78, 5) is 6.83. The molecular weight excluding hydrogens is 487 g/mol. The van der Waals surface area contributed by atoms with Crippen LogP contribution in [-0.4, -0.2) is 45.8 Å². The smallest absolute Gasteiger partial charge is 0.190 e. The summed E-state index contributed by atoms with van der Waals surface area (Å²) in [6.07, 6.45) is 1.21. The molecule has 1 aliphatic rings. The summed E-state index contributed by atoms with van der Waals surface area (Å²) < 4.78 is 5.84. The molecule has 1 fully saturated rings. The number of nitrogens with zero attached hydrogens (tertiary/aromatic N) is 2. The van der Waals surface area contributed by atoms with E-state index in [2.05, 4.69) is 69.9 Å². The van der Waals surface area contributed by atoms with Crippen molar-refractivity contribution in [3.8, 4) is 0 Å². The maximum absolute atomic E-state index is 5.84. The number of guanidine groups is 1. The fraction of sp³-hybridized carbons (Fsp3) is 0.458. The molecule has 1 saturated heterocycles. The van der Waals surface area contributed by atoms with Crippen molar-refractivity contribution in [1.82, 2.24) is 10.6 Å². The molecule has 0 bridgehead atoms. The van der Waals surface area contributed by atoms with Gasteiger partial charge in [0.25, 0.3) is 0 Å². The van der Waals surface area contributed by atoms with Crippen LogP contribution >= 0.6 is 24.0 Å². The number of aliphatic imine (C=N–C) groups is 1. The van der Waals surface area contributed by atoms with Crippen molar-refractivity contribution < 1.29 is 4.74 Å². The van der Waals surface area contributed by atoms with Gasteiger partial charge in [-0.2, -0.15) is 0 Å². The van der Waals surface area contributed by atoms with Crippen LogP contribution in [0.25, 0.3) is 0 Å². The van der Waals surface area contributed by atoms with E-state index in [1.54, 1.807) is 0 Å². The summed E-state index contributed by atoms with van der Waals surface area (Å²) in [6, 6.07) is 21.0. The van der Waals surface area contributed by atoms with E-state index >= 15 is 0 Å². The Hall–Kier alpha value is -1.80. The van der Waals surface area contributed by atoms with E-state index in [0.29, 0.717) is 18.4 Å². The number of ether oxygens (including phenoxy) is 1. The highest BCUT2D eigenvalue weighted by molar-refractivity contribution is 14.0. The van der Waals surface area contributed by atoms with E-state index in [1.807, 2.05) is 25.2 Å². The molecule has 2 N–H and O–H groups in total. The molecule has 6 heteroatoms. The highest BCUT2D eigenvalue weighted by atomic mass is 127. The van der Waals surface area contributed by atoms with Gasteiger partial charge in [0.15, 0.2) is 5.96 Å². The molecule has 5 nitrogen and oxygen atoms in total. The van der Waals surface area contributed by atoms with Crippen molar-refractivity contribution in [3.63, 3.8) is 0 Å². The lowest BCUT2D eigenvalue weighted by Crippen LogP contribution is -2.42. The van der Waals surface area contributed by atoms with Gasteiger partial charge in [0, 0.05) is 38.9 Å². The second kappa shape index (κ2) is 13.5. The normalized spacial score (nSPS) is 17.3. The van der Waals surface area contributed by atoms with Gasteiger partial charge in [-0.3, -0.25) is 4.99 Å². The second-order valence-electron chi connectivity index (χ2n) is 7.88. The Labute approximate surface area is 198 Å². The van der Waals surface area contributed by atoms with Gasteiger partial charge in [0.2, 0.25) is 0 Å². The number of rotatable bonds is 9. The minimum Gasteiger partial charge on any atom is -0.376 e. The molecule has 3 rings (SSSR count). The van der Waals surface area contributed by atoms with Gasteiger partial charge in [0.1, 0.15) is 0 Å². The molecule has 0 saturated carbocycles. The zero-order chi connectivity index (χ0) is 20.3. The van der Waals surface area contributed by atoms with E-state index in [4.69, 9.17) is 4.74 Å². The summed E-state index contributed by atoms with van der Waals surface area (Å²) in [7, 11) is 1.83. The first kappa shape index (κ1) is 24.5. The van der Waals surface area contributed by atoms with Crippen LogP contribution in [0.2, 0.25) is 0 Å². The number of halogens is 1. The average Bonchev–Trinajstić information content (AvgIpc) is 3.24. The molecule has 164 valence electrons. The van der Waals surface area contributed by atoms with Gasteiger partial charge in [-0.05, 0) is 36.0 Å². The summed E-state index contributed by atoms with van der Waals surface area (Å²) in [5.41, 5.74) is 2.54. The van der Waals surface area contributed by atoms with Crippen molar-refractivity contribution in [2.45, 2.75) is 20.0 Å². The van der Waals surface area contributed by atoms with Crippen molar-refractivity contribution in [3.05, 3.63) is 66.2 Å². The van der Waals surface area contributed by atoms with Crippen molar-refractivity contribution in [1.29, 1.82) is 0 Å². The molecule has 1 heterocycles. The molecule has 0 aliphatic carbocycles. The Balaban J connectivity index is 0.00000320. The third kappa shape index (κ3) is 8.14. The monoisotopic (exact) mass is 522 g/mol. The van der Waals surface area contributed by atoms with E-state index in [-0.39, 0.29) is 24.0 Å². The summed E-state index contributed by atoms with van der Waals surface area (Å²) in [6.45, 7) is 7.60. The molecule has 2 aromatic rings. The van der Waals surface area contributed by atoms with E-state index in [1.165, 1.54) is 17.7 Å². The number of benzene rings is 2. The first-order valence-electron chi connectivity index (χ1n) is 10.6. The number of para-hydroxylation sites is 1. The molecule has 0 amide bonds. The third-order valence-corrected chi connectivity index (χ3v) is 5.32. The largest absolute Gasteiger partial charge is 0.376 e. The third-order valence-electron chi connectivity index (χ3n) is 5.32. The van der Waals surface area contributed by atoms with Crippen LogP contribution in [0.15, 0.2) is 65.7 Å². The van der Waals surface area contributed by atoms with Crippen molar-refractivity contribution >= 4 is 35.6 Å². The molecule has 1 aliphatic heterocycles. The van der Waals surface area contributed by atoms with Gasteiger partial charge >= 0.3 is 0 Å². The van der Waals surface area contributed by atoms with Gasteiger partial charge in [-0.25, -0.2) is 0 Å². The lowest BCUT2D eigenvalue weighted by atomic mass is 10.1. The van der Waals surface area contributed by atoms with E-state index < -0.39 is 0 Å². The van der Waals surface area contributed by atoms with Gasteiger partial charge in [0.05, 0.1) is 13.2 Å². The van der Waals surface area contributed by atoms with Crippen LogP contribution in [0, 0.1) is 11.8 Å². The SMILES string of the molecule is CN=C(NCC(C)COCc1ccccc1)NCC1CCN(c2ccccc2)C1.I. The topological polar surface area (TPSA) is 48.9 Å². The maximum atomic E-state index is 5.84. The fourth-order valence-electron chi connectivity index (χ4n) is 3.62. The molecule has 30 heavy (non-hydrogen) atoms. The highest BCUT2D eigenvalue weighted by Gasteiger charge is 2.22. The van der Waals surface area contributed by atoms with Crippen LogP contribution in [0.5, 0.6) is 0 Å². The predicted molar refractivity (Wildman–Crippen MR) is 137 cm³/mol. The summed E-state index contributed by atoms with van der Waals surface area (Å²) >= 11 is 0. The average molecular weight is 522 g/mol. The van der Waals surface area contributed by atoms with Crippen LogP contribution < -0.4 is 15.5 Å². The van der Waals surface area contributed by atoms with Crippen LogP contribution in [0.4, 0.5) is 5.69 Å². The van der Waals surface area contributed by atoms with E-state index in [0.717, 1.165) is 38.7 Å². The first-order valence-corrected chi connectivity index (χ1v) is 10.6. The lowest BCUT2D eigenvalue weighted by Gasteiger charge is -2.20. The second-order valence-corrected chi connectivity index (χ2v) is 7.88. The summed E-state index contributed by atoms with van der Waals surface area (Å²) in [5, 5.41) is 6.92. The fourth-order valence-corrected chi connectivity index (χ4v) is 3.62. The Morgan fingerprint density at radius 1 is 1.10 bits per heavy atom. The molecule has 2 aromatic carbocycles. The Kier molecular flexibility index (Phi) is 11.0. The van der Waals surface area contributed by atoms with Crippen LogP contribution in [0.1, 0.15) is 18.9 Å². The Bertz CT molecular complexity index is 741. The molecule has 2 atom stereocenters. The first-order chi connectivity index (χ1) is 14.2. The zero-order valence-electron chi connectivity index (χ0n) is 18.1. The standard InChI is InChI=1S/C24H34N4O.HI/c1-20(18-29-19-21-9-5-3-6-10-21)15-26-24(25-2)27-16-22-13-14-28(17-22)23-11-7-4-8-12-23;/h3-12,20,22H,13-19H2,1-2H3,(H2,25,26,27);1H. The van der Waals surface area contributed by atoms with Gasteiger partial charge in [-0.1, -0.05) is 55.5 Å². The molecule has 0 spiro atoms. The van der Waals surface area contributed by atoms with Gasteiger partial charge in [-0.15, -0.1) is 24.0 Å². The quantitative estimate of drug-likeness (QED) is 0.295. The van der Waals surface area contributed by atoms with Crippen molar-refractivity contribution in [2.75, 3.05) is 44.7 Å². The predicted octanol–water partition coefficient (Wildman–Crippen LogP) is 4.15. The molecular formula is C24H35IN4O. The van der Waals surface area contributed by atoms with Crippen molar-refractivity contribution in [2.24, 2.45) is 16.8 Å². The van der Waals surface area contributed by atoms with Crippen LogP contribution in [-0.2, 0) is 11.3 Å². The molecule has 0 aromatic heterocycles. The number of anilines is 1. The zero-order valence-corrected chi connectivity index (χ0v) is 20.4. The van der Waals surface area contributed by atoms with E-state index in [9.17, 15) is 0 Å². The Morgan fingerprint density at radius 3 is 2.50 bits per heavy atom. The number of nitrogens with one attached hydrogen (secondary N) is 2. The molecule has 0 radical (unpaired) electrons. The van der Waals surface area contributed by atoms with Crippen LogP contribution in [0.3, 0.4) is 0 Å².